The van der Waals surface area contributed by atoms with Crippen molar-refractivity contribution in [3.05, 3.63) is 53.7 Å². The minimum atomic E-state index is -0.543. The van der Waals surface area contributed by atoms with E-state index in [-0.39, 0.29) is 12.1 Å². The third-order valence-electron chi connectivity index (χ3n) is 7.01. The van der Waals surface area contributed by atoms with Crippen LogP contribution in [0.25, 0.3) is 22.2 Å². The monoisotopic (exact) mass is 516 g/mol. The topological polar surface area (TPSA) is 108 Å². The van der Waals surface area contributed by atoms with Crippen LogP contribution in [0.15, 0.2) is 41.1 Å². The van der Waals surface area contributed by atoms with E-state index in [9.17, 15) is 4.79 Å². The van der Waals surface area contributed by atoms with Gasteiger partial charge in [-0.2, -0.15) is 0 Å². The molecule has 0 unspecified atom stereocenters. The fraction of sp³-hybridized carbons (Fsp3) is 0.429. The highest BCUT2D eigenvalue weighted by Crippen LogP contribution is 2.46. The van der Waals surface area contributed by atoms with E-state index in [0.717, 1.165) is 64.0 Å². The number of imidazole rings is 1. The summed E-state index contributed by atoms with van der Waals surface area (Å²) in [5, 5.41) is 7.18. The van der Waals surface area contributed by atoms with Crippen LogP contribution in [0.1, 0.15) is 50.4 Å². The summed E-state index contributed by atoms with van der Waals surface area (Å²) in [6.07, 6.45) is 2.20. The second-order valence-corrected chi connectivity index (χ2v) is 11.0. The molecule has 0 radical (unpaired) electrons. The summed E-state index contributed by atoms with van der Waals surface area (Å²) in [6, 6.07) is 9.78. The van der Waals surface area contributed by atoms with Crippen LogP contribution < -0.4 is 15.0 Å². The molecule has 0 aliphatic carbocycles. The first kappa shape index (κ1) is 24.3. The zero-order valence-corrected chi connectivity index (χ0v) is 22.3. The molecule has 0 saturated carbocycles. The maximum absolute atomic E-state index is 12.4. The van der Waals surface area contributed by atoms with E-state index in [2.05, 4.69) is 24.9 Å². The lowest BCUT2D eigenvalue weighted by molar-refractivity contribution is 0.0509. The molecular formula is C28H32N6O4. The van der Waals surface area contributed by atoms with Gasteiger partial charge in [-0.25, -0.2) is 9.78 Å². The third kappa shape index (κ3) is 4.23. The number of rotatable bonds is 4. The largest absolute Gasteiger partial charge is 0.488 e. The summed E-state index contributed by atoms with van der Waals surface area (Å²) in [7, 11) is 0. The van der Waals surface area contributed by atoms with Gasteiger partial charge in [-0.1, -0.05) is 11.2 Å². The maximum Gasteiger partial charge on any atom is 0.407 e. The summed E-state index contributed by atoms with van der Waals surface area (Å²) >= 11 is 0. The first-order valence-electron chi connectivity index (χ1n) is 13.0. The Morgan fingerprint density at radius 1 is 1.18 bits per heavy atom. The highest BCUT2D eigenvalue weighted by molar-refractivity contribution is 5.94. The SMILES string of the molecule is Cc1noc(C)c1-c1ccc2nc(N3CC[C@H](NC(=O)OC(C)(C)C)C3)n3c2c1OC[C@H]3c1ccccn1. The fourth-order valence-electron chi connectivity index (χ4n) is 5.44. The second kappa shape index (κ2) is 9.04. The van der Waals surface area contributed by atoms with Gasteiger partial charge in [0.15, 0.2) is 5.75 Å². The standard InChI is InChI=1S/C28H32N6O4/c1-16-23(17(2)38-32-16)19-9-10-21-24-25(19)36-15-22(20-8-6-7-12-29-20)34(24)26(31-21)33-13-11-18(14-33)30-27(35)37-28(3,4)5/h6-10,12,18,22H,11,13-15H2,1-5H3,(H,30,35)/t18-,22-/m0/s1. The average Bonchev–Trinajstić information content (AvgIpc) is 3.57. The second-order valence-electron chi connectivity index (χ2n) is 11.0. The smallest absolute Gasteiger partial charge is 0.407 e. The molecule has 1 saturated heterocycles. The predicted molar refractivity (Wildman–Crippen MR) is 143 cm³/mol. The number of pyridine rings is 1. The molecule has 6 rings (SSSR count). The number of carbonyl (C=O) groups excluding carboxylic acids is 1. The molecule has 10 heteroatoms. The van der Waals surface area contributed by atoms with Crippen molar-refractivity contribution in [1.82, 2.24) is 25.0 Å². The van der Waals surface area contributed by atoms with Crippen molar-refractivity contribution >= 4 is 23.1 Å². The highest BCUT2D eigenvalue weighted by atomic mass is 16.6. The number of aromatic nitrogens is 4. The molecule has 38 heavy (non-hydrogen) atoms. The van der Waals surface area contributed by atoms with Crippen LogP contribution in [-0.2, 0) is 4.74 Å². The van der Waals surface area contributed by atoms with Crippen LogP contribution in [0.3, 0.4) is 0 Å². The van der Waals surface area contributed by atoms with E-state index in [1.54, 1.807) is 6.20 Å². The van der Waals surface area contributed by atoms with Gasteiger partial charge in [0.25, 0.3) is 0 Å². The first-order chi connectivity index (χ1) is 18.2. The lowest BCUT2D eigenvalue weighted by Gasteiger charge is -2.30. The molecule has 1 amide bonds. The van der Waals surface area contributed by atoms with E-state index in [4.69, 9.17) is 19.0 Å². The molecule has 2 aliphatic rings. The van der Waals surface area contributed by atoms with Crippen molar-refractivity contribution in [1.29, 1.82) is 0 Å². The van der Waals surface area contributed by atoms with Crippen molar-refractivity contribution in [2.75, 3.05) is 24.6 Å². The minimum absolute atomic E-state index is 0.0389. The Balaban J connectivity index is 1.42. The third-order valence-corrected chi connectivity index (χ3v) is 7.01. The maximum atomic E-state index is 12.4. The molecule has 3 aromatic heterocycles. The molecule has 1 N–H and O–H groups in total. The zero-order valence-electron chi connectivity index (χ0n) is 22.3. The fourth-order valence-corrected chi connectivity index (χ4v) is 5.44. The van der Waals surface area contributed by atoms with E-state index in [1.807, 2.05) is 65.0 Å². The van der Waals surface area contributed by atoms with Gasteiger partial charge >= 0.3 is 6.09 Å². The van der Waals surface area contributed by atoms with Crippen molar-refractivity contribution in [2.24, 2.45) is 0 Å². The van der Waals surface area contributed by atoms with E-state index in [1.165, 1.54) is 0 Å². The number of carbonyl (C=O) groups is 1. The van der Waals surface area contributed by atoms with Crippen molar-refractivity contribution in [3.63, 3.8) is 0 Å². The van der Waals surface area contributed by atoms with Crippen LogP contribution >= 0.6 is 0 Å². The van der Waals surface area contributed by atoms with E-state index < -0.39 is 11.7 Å². The molecule has 4 aromatic rings. The quantitative estimate of drug-likeness (QED) is 0.413. The lowest BCUT2D eigenvalue weighted by Crippen LogP contribution is -2.41. The van der Waals surface area contributed by atoms with Crippen LogP contribution in [0.5, 0.6) is 5.75 Å². The number of hydrogen-bond acceptors (Lipinski definition) is 8. The van der Waals surface area contributed by atoms with Crippen LogP contribution in [0.4, 0.5) is 10.7 Å². The molecule has 1 aromatic carbocycles. The number of amides is 1. The number of alkyl carbamates (subject to hydrolysis) is 1. The Morgan fingerprint density at radius 3 is 2.74 bits per heavy atom. The number of anilines is 1. The van der Waals surface area contributed by atoms with Gasteiger partial charge in [0.05, 0.1) is 28.5 Å². The average molecular weight is 517 g/mol. The van der Waals surface area contributed by atoms with E-state index in [0.29, 0.717) is 13.2 Å². The molecule has 0 spiro atoms. The predicted octanol–water partition coefficient (Wildman–Crippen LogP) is 4.79. The van der Waals surface area contributed by atoms with Gasteiger partial charge < -0.3 is 24.2 Å². The summed E-state index contributed by atoms with van der Waals surface area (Å²) in [5.41, 5.74) is 4.82. The Kier molecular flexibility index (Phi) is 5.77. The summed E-state index contributed by atoms with van der Waals surface area (Å²) in [4.78, 5) is 24.4. The van der Waals surface area contributed by atoms with Crippen molar-refractivity contribution < 1.29 is 18.8 Å². The zero-order chi connectivity index (χ0) is 26.6. The molecule has 2 aliphatic heterocycles. The minimum Gasteiger partial charge on any atom is -0.488 e. The number of nitrogens with zero attached hydrogens (tertiary/aromatic N) is 5. The Bertz CT molecular complexity index is 1480. The van der Waals surface area contributed by atoms with Crippen LogP contribution in [0, 0.1) is 13.8 Å². The van der Waals surface area contributed by atoms with Gasteiger partial charge in [0.1, 0.15) is 29.5 Å². The summed E-state index contributed by atoms with van der Waals surface area (Å²) in [5.74, 6) is 2.35. The van der Waals surface area contributed by atoms with Gasteiger partial charge in [-0.15, -0.1) is 0 Å². The van der Waals surface area contributed by atoms with Crippen molar-refractivity contribution in [3.8, 4) is 16.9 Å². The number of hydrogen-bond donors (Lipinski definition) is 1. The molecule has 2 atom stereocenters. The van der Waals surface area contributed by atoms with Crippen LogP contribution in [0.2, 0.25) is 0 Å². The normalized spacial score (nSPS) is 19.0. The number of nitrogens with one attached hydrogen (secondary N) is 1. The first-order valence-corrected chi connectivity index (χ1v) is 13.0. The molecule has 0 bridgehead atoms. The number of benzene rings is 1. The van der Waals surface area contributed by atoms with Crippen molar-refractivity contribution in [2.45, 2.75) is 58.7 Å². The Labute approximate surface area is 220 Å². The summed E-state index contributed by atoms with van der Waals surface area (Å²) < 4.78 is 19.6. The molecule has 1 fully saturated rings. The van der Waals surface area contributed by atoms with Gasteiger partial charge in [-0.05, 0) is 65.3 Å². The Morgan fingerprint density at radius 2 is 2.03 bits per heavy atom. The number of ether oxygens (including phenoxy) is 2. The van der Waals surface area contributed by atoms with Gasteiger partial charge in [-0.3, -0.25) is 9.55 Å². The molecule has 198 valence electrons. The number of aryl methyl sites for hydroxylation is 2. The lowest BCUT2D eigenvalue weighted by atomic mass is 10.0. The molecule has 5 heterocycles. The van der Waals surface area contributed by atoms with Crippen LogP contribution in [-0.4, -0.2) is 57.1 Å². The Hall–Kier alpha value is -4.08. The van der Waals surface area contributed by atoms with Gasteiger partial charge in [0.2, 0.25) is 5.95 Å². The van der Waals surface area contributed by atoms with E-state index >= 15 is 0 Å². The molecular weight excluding hydrogens is 484 g/mol. The molecule has 10 nitrogen and oxygen atoms in total. The summed E-state index contributed by atoms with van der Waals surface area (Å²) in [6.45, 7) is 11.2. The van der Waals surface area contributed by atoms with Gasteiger partial charge in [0, 0.05) is 24.8 Å². The highest BCUT2D eigenvalue weighted by Gasteiger charge is 2.36.